The summed E-state index contributed by atoms with van der Waals surface area (Å²) in [5.41, 5.74) is 1.08. The summed E-state index contributed by atoms with van der Waals surface area (Å²) in [6, 6.07) is 4.14. The van der Waals surface area contributed by atoms with Crippen molar-refractivity contribution in [1.82, 2.24) is 9.97 Å². The molecule has 1 N–H and O–H groups in total. The number of pyridine rings is 1. The zero-order valence-corrected chi connectivity index (χ0v) is 10.9. The van der Waals surface area contributed by atoms with E-state index in [-0.39, 0.29) is 0 Å². The van der Waals surface area contributed by atoms with Crippen molar-refractivity contribution < 1.29 is 0 Å². The fraction of sp³-hybridized carbons (Fsp3) is 0.167. The zero-order valence-electron chi connectivity index (χ0n) is 9.30. The first-order valence-corrected chi connectivity index (χ1v) is 7.06. The Morgan fingerprint density at radius 3 is 3.06 bits per heavy atom. The summed E-state index contributed by atoms with van der Waals surface area (Å²) < 4.78 is 1.26. The van der Waals surface area contributed by atoms with E-state index in [1.807, 2.05) is 19.2 Å². The summed E-state index contributed by atoms with van der Waals surface area (Å²) in [4.78, 5) is 8.80. The number of aryl methyl sites for hydroxylation is 1. The molecule has 0 saturated carbocycles. The van der Waals surface area contributed by atoms with Gasteiger partial charge < -0.3 is 5.32 Å². The second-order valence-corrected chi connectivity index (χ2v) is 5.62. The standard InChI is InChI=1S/C12H11N3S2/c1-8-7-17-11(15-8)6-14-12-9-3-5-16-10(9)2-4-13-12/h2-5,7H,6H2,1H3,(H,13,14). The molecule has 3 heterocycles. The summed E-state index contributed by atoms with van der Waals surface area (Å²) in [7, 11) is 0. The van der Waals surface area contributed by atoms with Gasteiger partial charge >= 0.3 is 0 Å². The van der Waals surface area contributed by atoms with E-state index in [1.54, 1.807) is 22.7 Å². The van der Waals surface area contributed by atoms with Crippen LogP contribution in [0, 0.1) is 6.92 Å². The van der Waals surface area contributed by atoms with Crippen molar-refractivity contribution in [2.75, 3.05) is 5.32 Å². The highest BCUT2D eigenvalue weighted by Gasteiger charge is 2.04. The van der Waals surface area contributed by atoms with Crippen LogP contribution in [0.2, 0.25) is 0 Å². The molecule has 0 aliphatic rings. The van der Waals surface area contributed by atoms with Crippen molar-refractivity contribution in [1.29, 1.82) is 0 Å². The SMILES string of the molecule is Cc1csc(CNc2nccc3sccc23)n1. The smallest absolute Gasteiger partial charge is 0.135 e. The third-order valence-corrected chi connectivity index (χ3v) is 4.30. The number of nitrogens with one attached hydrogen (secondary N) is 1. The fourth-order valence-electron chi connectivity index (χ4n) is 1.68. The first-order valence-electron chi connectivity index (χ1n) is 5.30. The van der Waals surface area contributed by atoms with Crippen LogP contribution >= 0.6 is 22.7 Å². The molecule has 0 aliphatic carbocycles. The quantitative estimate of drug-likeness (QED) is 0.781. The molecule has 0 aromatic carbocycles. The van der Waals surface area contributed by atoms with E-state index < -0.39 is 0 Å². The number of fused-ring (bicyclic) bond motifs is 1. The molecule has 0 spiro atoms. The van der Waals surface area contributed by atoms with Gasteiger partial charge in [0.1, 0.15) is 10.8 Å². The molecular formula is C12H11N3S2. The van der Waals surface area contributed by atoms with Gasteiger partial charge in [-0.3, -0.25) is 0 Å². The number of thiophene rings is 1. The Kier molecular flexibility index (Phi) is 2.78. The largest absolute Gasteiger partial charge is 0.363 e. The molecule has 5 heteroatoms. The molecule has 0 saturated heterocycles. The molecule has 86 valence electrons. The van der Waals surface area contributed by atoms with Gasteiger partial charge in [0.25, 0.3) is 0 Å². The minimum absolute atomic E-state index is 0.737. The van der Waals surface area contributed by atoms with Gasteiger partial charge in [-0.15, -0.1) is 22.7 Å². The van der Waals surface area contributed by atoms with Crippen LogP contribution in [-0.4, -0.2) is 9.97 Å². The molecule has 0 atom stereocenters. The topological polar surface area (TPSA) is 37.8 Å². The molecule has 0 fully saturated rings. The Morgan fingerprint density at radius 1 is 1.29 bits per heavy atom. The van der Waals surface area contributed by atoms with Crippen LogP contribution in [0.1, 0.15) is 10.7 Å². The Labute approximate surface area is 107 Å². The Bertz CT molecular complexity index is 642. The lowest BCUT2D eigenvalue weighted by Gasteiger charge is -2.04. The van der Waals surface area contributed by atoms with Crippen LogP contribution < -0.4 is 5.32 Å². The number of anilines is 1. The summed E-state index contributed by atoms with van der Waals surface area (Å²) in [6.45, 7) is 2.75. The van der Waals surface area contributed by atoms with E-state index in [0.717, 1.165) is 23.1 Å². The first-order chi connectivity index (χ1) is 8.33. The zero-order chi connectivity index (χ0) is 11.7. The predicted octanol–water partition coefficient (Wildman–Crippen LogP) is 3.67. The van der Waals surface area contributed by atoms with E-state index in [1.165, 1.54) is 10.1 Å². The number of hydrogen-bond acceptors (Lipinski definition) is 5. The van der Waals surface area contributed by atoms with Crippen molar-refractivity contribution in [2.45, 2.75) is 13.5 Å². The second kappa shape index (κ2) is 4.43. The summed E-state index contributed by atoms with van der Waals surface area (Å²) in [5.74, 6) is 0.941. The van der Waals surface area contributed by atoms with Crippen LogP contribution in [0.15, 0.2) is 29.1 Å². The molecule has 3 aromatic heterocycles. The van der Waals surface area contributed by atoms with Crippen LogP contribution in [-0.2, 0) is 6.54 Å². The Balaban J connectivity index is 1.83. The molecule has 0 aliphatic heterocycles. The molecular weight excluding hydrogens is 250 g/mol. The lowest BCUT2D eigenvalue weighted by atomic mass is 10.3. The average Bonchev–Trinajstić information content (AvgIpc) is 2.94. The molecule has 0 radical (unpaired) electrons. The highest BCUT2D eigenvalue weighted by atomic mass is 32.1. The van der Waals surface area contributed by atoms with Gasteiger partial charge in [-0.25, -0.2) is 9.97 Å². The highest BCUT2D eigenvalue weighted by molar-refractivity contribution is 7.17. The van der Waals surface area contributed by atoms with Gasteiger partial charge in [0.05, 0.1) is 6.54 Å². The van der Waals surface area contributed by atoms with Crippen LogP contribution in [0.3, 0.4) is 0 Å². The molecule has 0 unspecified atom stereocenters. The normalized spacial score (nSPS) is 10.9. The van der Waals surface area contributed by atoms with Crippen molar-refractivity contribution in [2.24, 2.45) is 0 Å². The maximum Gasteiger partial charge on any atom is 0.135 e. The number of aromatic nitrogens is 2. The van der Waals surface area contributed by atoms with E-state index >= 15 is 0 Å². The summed E-state index contributed by atoms with van der Waals surface area (Å²) >= 11 is 3.41. The van der Waals surface area contributed by atoms with Crippen molar-refractivity contribution >= 4 is 38.6 Å². The van der Waals surface area contributed by atoms with Gasteiger partial charge in [0.2, 0.25) is 0 Å². The number of rotatable bonds is 3. The maximum absolute atomic E-state index is 4.42. The second-order valence-electron chi connectivity index (χ2n) is 3.73. The highest BCUT2D eigenvalue weighted by Crippen LogP contribution is 2.26. The lowest BCUT2D eigenvalue weighted by Crippen LogP contribution is -2.00. The predicted molar refractivity (Wildman–Crippen MR) is 73.8 cm³/mol. The Hall–Kier alpha value is -1.46. The van der Waals surface area contributed by atoms with Crippen LogP contribution in [0.4, 0.5) is 5.82 Å². The van der Waals surface area contributed by atoms with E-state index in [9.17, 15) is 0 Å². The summed E-state index contributed by atoms with van der Waals surface area (Å²) in [6.07, 6.45) is 1.84. The minimum atomic E-state index is 0.737. The van der Waals surface area contributed by atoms with Crippen molar-refractivity contribution in [3.8, 4) is 0 Å². The van der Waals surface area contributed by atoms with Crippen molar-refractivity contribution in [3.05, 3.63) is 39.8 Å². The van der Waals surface area contributed by atoms with Gasteiger partial charge in [0.15, 0.2) is 0 Å². The molecule has 0 bridgehead atoms. The fourth-order valence-corrected chi connectivity index (χ4v) is 3.17. The lowest BCUT2D eigenvalue weighted by molar-refractivity contribution is 1.06. The average molecular weight is 261 g/mol. The number of thiazole rings is 1. The number of nitrogens with zero attached hydrogens (tertiary/aromatic N) is 2. The van der Waals surface area contributed by atoms with E-state index in [0.29, 0.717) is 0 Å². The van der Waals surface area contributed by atoms with Crippen LogP contribution in [0.5, 0.6) is 0 Å². The third kappa shape index (κ3) is 2.16. The van der Waals surface area contributed by atoms with Gasteiger partial charge in [-0.2, -0.15) is 0 Å². The van der Waals surface area contributed by atoms with E-state index in [4.69, 9.17) is 0 Å². The molecule has 17 heavy (non-hydrogen) atoms. The van der Waals surface area contributed by atoms with Crippen molar-refractivity contribution in [3.63, 3.8) is 0 Å². The number of hydrogen-bond donors (Lipinski definition) is 1. The maximum atomic E-state index is 4.42. The summed E-state index contributed by atoms with van der Waals surface area (Å²) in [5, 5.41) is 9.78. The monoisotopic (exact) mass is 261 g/mol. The molecule has 3 rings (SSSR count). The minimum Gasteiger partial charge on any atom is -0.363 e. The molecule has 3 aromatic rings. The molecule has 3 nitrogen and oxygen atoms in total. The Morgan fingerprint density at radius 2 is 2.24 bits per heavy atom. The first kappa shape index (κ1) is 10.7. The van der Waals surface area contributed by atoms with Crippen LogP contribution in [0.25, 0.3) is 10.1 Å². The van der Waals surface area contributed by atoms with Gasteiger partial charge in [-0.05, 0) is 24.4 Å². The van der Waals surface area contributed by atoms with Gasteiger partial charge in [-0.1, -0.05) is 0 Å². The third-order valence-electron chi connectivity index (χ3n) is 2.45. The molecule has 0 amide bonds. The van der Waals surface area contributed by atoms with E-state index in [2.05, 4.69) is 32.1 Å². The van der Waals surface area contributed by atoms with Gasteiger partial charge in [0, 0.05) is 27.4 Å².